The van der Waals surface area contributed by atoms with Gasteiger partial charge >= 0.3 is 12.4 Å². The average Bonchev–Trinajstić information content (AvgIpc) is 3.21. The molecule has 3 aromatic rings. The van der Waals surface area contributed by atoms with Gasteiger partial charge in [-0.15, -0.1) is 5.10 Å². The van der Waals surface area contributed by atoms with E-state index < -0.39 is 35.6 Å². The highest BCUT2D eigenvalue weighted by Crippen LogP contribution is 2.37. The number of halogens is 6. The Hall–Kier alpha value is -3.29. The number of aromatic nitrogens is 4. The zero-order chi connectivity index (χ0) is 19.8. The second-order valence-corrected chi connectivity index (χ2v) is 5.52. The van der Waals surface area contributed by atoms with Crippen molar-refractivity contribution in [2.24, 2.45) is 0 Å². The molecule has 1 aromatic carbocycles. The van der Waals surface area contributed by atoms with Crippen molar-refractivity contribution < 1.29 is 26.3 Å². The smallest absolute Gasteiger partial charge is 0.342 e. The minimum Gasteiger partial charge on any atom is -0.342 e. The standard InChI is InChI=1S/C16H9F6N5/c17-15(18,19)10-3-4-11(16(20,21)22)9(6-10)8-27-5-1-2-13(27)14-12(7-23)24-26-25-14/h1-6H,8H2,(H,24,25,26). The van der Waals surface area contributed by atoms with Crippen LogP contribution in [0.25, 0.3) is 11.4 Å². The first-order valence-electron chi connectivity index (χ1n) is 7.35. The van der Waals surface area contributed by atoms with Crippen molar-refractivity contribution in [1.29, 1.82) is 5.26 Å². The lowest BCUT2D eigenvalue weighted by atomic mass is 10.0. The summed E-state index contributed by atoms with van der Waals surface area (Å²) in [4.78, 5) is 0. The predicted molar refractivity (Wildman–Crippen MR) is 80.1 cm³/mol. The molecular weight excluding hydrogens is 376 g/mol. The largest absolute Gasteiger partial charge is 0.416 e. The molecule has 5 nitrogen and oxygen atoms in total. The van der Waals surface area contributed by atoms with Crippen LogP contribution in [0.3, 0.4) is 0 Å². The van der Waals surface area contributed by atoms with Crippen molar-refractivity contribution >= 4 is 0 Å². The number of H-pyrrole nitrogens is 1. The summed E-state index contributed by atoms with van der Waals surface area (Å²) in [6.45, 7) is -0.501. The third kappa shape index (κ3) is 3.64. The maximum Gasteiger partial charge on any atom is 0.416 e. The molecule has 11 heteroatoms. The van der Waals surface area contributed by atoms with Gasteiger partial charge in [-0.2, -0.15) is 41.9 Å². The van der Waals surface area contributed by atoms with Gasteiger partial charge in [0.1, 0.15) is 11.8 Å². The minimum atomic E-state index is -4.82. The molecule has 27 heavy (non-hydrogen) atoms. The van der Waals surface area contributed by atoms with Crippen molar-refractivity contribution in [3.63, 3.8) is 0 Å². The summed E-state index contributed by atoms with van der Waals surface area (Å²) in [7, 11) is 0. The maximum atomic E-state index is 13.2. The van der Waals surface area contributed by atoms with Crippen molar-refractivity contribution in [3.05, 3.63) is 58.9 Å². The molecule has 0 amide bonds. The summed E-state index contributed by atoms with van der Waals surface area (Å²) >= 11 is 0. The average molecular weight is 385 g/mol. The van der Waals surface area contributed by atoms with Crippen molar-refractivity contribution in [1.82, 2.24) is 20.0 Å². The molecule has 0 aliphatic rings. The number of hydrogen-bond donors (Lipinski definition) is 1. The van der Waals surface area contributed by atoms with Crippen molar-refractivity contribution in [3.8, 4) is 17.5 Å². The normalized spacial score (nSPS) is 12.2. The van der Waals surface area contributed by atoms with Gasteiger partial charge in [-0.3, -0.25) is 0 Å². The Labute approximate surface area is 147 Å². The second-order valence-electron chi connectivity index (χ2n) is 5.52. The summed E-state index contributed by atoms with van der Waals surface area (Å²) < 4.78 is 79.8. The van der Waals surface area contributed by atoms with Crippen LogP contribution in [0.15, 0.2) is 36.5 Å². The van der Waals surface area contributed by atoms with E-state index in [2.05, 4.69) is 15.4 Å². The molecule has 0 bridgehead atoms. The highest BCUT2D eigenvalue weighted by atomic mass is 19.4. The molecule has 0 saturated carbocycles. The monoisotopic (exact) mass is 385 g/mol. The number of benzene rings is 1. The first-order chi connectivity index (χ1) is 12.6. The summed E-state index contributed by atoms with van der Waals surface area (Å²) in [5.74, 6) is 0. The summed E-state index contributed by atoms with van der Waals surface area (Å²) in [5, 5.41) is 18.6. The Morgan fingerprint density at radius 3 is 2.41 bits per heavy atom. The number of nitrogens with zero attached hydrogens (tertiary/aromatic N) is 4. The van der Waals surface area contributed by atoms with E-state index in [4.69, 9.17) is 5.26 Å². The Morgan fingerprint density at radius 1 is 1.04 bits per heavy atom. The number of rotatable bonds is 3. The summed E-state index contributed by atoms with van der Waals surface area (Å²) in [6.07, 6.45) is -8.22. The SMILES string of the molecule is N#Cc1n[nH]nc1-c1cccn1Cc1cc(C(F)(F)F)ccc1C(F)(F)F. The third-order valence-corrected chi connectivity index (χ3v) is 3.80. The highest BCUT2D eigenvalue weighted by Gasteiger charge is 2.37. The maximum absolute atomic E-state index is 13.2. The van der Waals surface area contributed by atoms with E-state index in [9.17, 15) is 26.3 Å². The van der Waals surface area contributed by atoms with Crippen molar-refractivity contribution in [2.45, 2.75) is 18.9 Å². The molecule has 0 radical (unpaired) electrons. The Bertz CT molecular complexity index is 1010. The van der Waals surface area contributed by atoms with Gasteiger partial charge in [0, 0.05) is 12.7 Å². The van der Waals surface area contributed by atoms with Crippen LogP contribution in [0, 0.1) is 11.3 Å². The van der Waals surface area contributed by atoms with Crippen LogP contribution in [-0.4, -0.2) is 20.0 Å². The fraction of sp³-hybridized carbons (Fsp3) is 0.188. The fourth-order valence-electron chi connectivity index (χ4n) is 2.62. The molecule has 1 N–H and O–H groups in total. The molecule has 140 valence electrons. The molecule has 0 aliphatic heterocycles. The Kier molecular flexibility index (Phi) is 4.43. The van der Waals surface area contributed by atoms with Crippen LogP contribution in [0.4, 0.5) is 26.3 Å². The molecule has 3 rings (SSSR count). The van der Waals surface area contributed by atoms with Crippen LogP contribution >= 0.6 is 0 Å². The van der Waals surface area contributed by atoms with Crippen LogP contribution in [0.1, 0.15) is 22.4 Å². The van der Waals surface area contributed by atoms with Gasteiger partial charge in [0.2, 0.25) is 0 Å². The van der Waals surface area contributed by atoms with Crippen LogP contribution in [0.2, 0.25) is 0 Å². The van der Waals surface area contributed by atoms with Crippen molar-refractivity contribution in [2.75, 3.05) is 0 Å². The van der Waals surface area contributed by atoms with E-state index >= 15 is 0 Å². The zero-order valence-corrected chi connectivity index (χ0v) is 13.2. The summed E-state index contributed by atoms with van der Waals surface area (Å²) in [5.41, 5.74) is -2.67. The van der Waals surface area contributed by atoms with Gasteiger partial charge in [0.15, 0.2) is 5.69 Å². The van der Waals surface area contributed by atoms with Crippen LogP contribution in [0.5, 0.6) is 0 Å². The molecule has 0 unspecified atom stereocenters. The lowest BCUT2D eigenvalue weighted by molar-refractivity contribution is -0.141. The third-order valence-electron chi connectivity index (χ3n) is 3.80. The Balaban J connectivity index is 2.09. The van der Waals surface area contributed by atoms with Crippen LogP contribution < -0.4 is 0 Å². The van der Waals surface area contributed by atoms with Gasteiger partial charge in [0.25, 0.3) is 0 Å². The quantitative estimate of drug-likeness (QED) is 0.686. The number of nitriles is 1. The molecule has 2 heterocycles. The number of nitrogens with one attached hydrogen (secondary N) is 1. The Morgan fingerprint density at radius 2 is 1.78 bits per heavy atom. The van der Waals surface area contributed by atoms with Crippen LogP contribution in [-0.2, 0) is 18.9 Å². The molecule has 2 aromatic heterocycles. The van der Waals surface area contributed by atoms with Gasteiger partial charge in [0.05, 0.1) is 16.8 Å². The molecule has 0 atom stereocenters. The number of alkyl halides is 6. The van der Waals surface area contributed by atoms with Gasteiger partial charge < -0.3 is 4.57 Å². The second kappa shape index (κ2) is 6.46. The lowest BCUT2D eigenvalue weighted by Gasteiger charge is -2.17. The van der Waals surface area contributed by atoms with E-state index in [0.29, 0.717) is 18.2 Å². The van der Waals surface area contributed by atoms with E-state index in [-0.39, 0.29) is 17.1 Å². The van der Waals surface area contributed by atoms with Gasteiger partial charge in [-0.05, 0) is 35.9 Å². The van der Waals surface area contributed by atoms with E-state index in [0.717, 1.165) is 0 Å². The lowest BCUT2D eigenvalue weighted by Crippen LogP contribution is -2.15. The first-order valence-corrected chi connectivity index (χ1v) is 7.35. The van der Waals surface area contributed by atoms with Gasteiger partial charge in [-0.25, -0.2) is 0 Å². The first kappa shape index (κ1) is 18.5. The molecule has 0 spiro atoms. The minimum absolute atomic E-state index is 0.0861. The molecule has 0 aliphatic carbocycles. The van der Waals surface area contributed by atoms with E-state index in [1.54, 1.807) is 6.07 Å². The molecule has 0 saturated heterocycles. The van der Waals surface area contributed by atoms with Gasteiger partial charge in [-0.1, -0.05) is 0 Å². The van der Waals surface area contributed by atoms with E-state index in [1.807, 2.05) is 0 Å². The highest BCUT2D eigenvalue weighted by molar-refractivity contribution is 5.61. The van der Waals surface area contributed by atoms with E-state index in [1.165, 1.54) is 22.9 Å². The topological polar surface area (TPSA) is 70.3 Å². The number of aromatic amines is 1. The molecular formula is C16H9F6N5. The fourth-order valence-corrected chi connectivity index (χ4v) is 2.62. The zero-order valence-electron chi connectivity index (χ0n) is 13.2. The number of hydrogen-bond acceptors (Lipinski definition) is 3. The molecule has 0 fully saturated rings. The summed E-state index contributed by atoms with van der Waals surface area (Å²) in [6, 6.07) is 6.01. The predicted octanol–water partition coefficient (Wildman–Crippen LogP) is 4.23.